The minimum absolute atomic E-state index is 0.0475. The van der Waals surface area contributed by atoms with Crippen molar-refractivity contribution in [3.63, 3.8) is 0 Å². The highest BCUT2D eigenvalue weighted by Gasteiger charge is 2.21. The zero-order valence-electron chi connectivity index (χ0n) is 15.9. The Morgan fingerprint density at radius 1 is 1.00 bits per heavy atom. The van der Waals surface area contributed by atoms with Gasteiger partial charge in [0.1, 0.15) is 0 Å². The van der Waals surface area contributed by atoms with Crippen molar-refractivity contribution in [1.82, 2.24) is 0 Å². The molecule has 1 N–H and O–H groups in total. The van der Waals surface area contributed by atoms with Gasteiger partial charge in [-0.3, -0.25) is 4.79 Å². The molecule has 2 aromatic carbocycles. The molecule has 0 aliphatic rings. The number of hydrogen-bond acceptors (Lipinski definition) is 5. The minimum Gasteiger partial charge on any atom is -0.493 e. The van der Waals surface area contributed by atoms with Crippen LogP contribution in [0, 0.1) is 0 Å². The van der Waals surface area contributed by atoms with Crippen LogP contribution in [0.25, 0.3) is 0 Å². The number of carbonyl (C=O) groups excluding carboxylic acids is 2. The van der Waals surface area contributed by atoms with Gasteiger partial charge in [0, 0.05) is 5.02 Å². The molecule has 0 radical (unpaired) electrons. The third-order valence-electron chi connectivity index (χ3n) is 3.60. The number of amides is 1. The summed E-state index contributed by atoms with van der Waals surface area (Å²) in [5, 5.41) is 3.32. The van der Waals surface area contributed by atoms with E-state index >= 15 is 0 Å². The Labute approximate surface area is 173 Å². The van der Waals surface area contributed by atoms with Gasteiger partial charge in [-0.25, -0.2) is 4.79 Å². The molecule has 2 aromatic rings. The fourth-order valence-electron chi connectivity index (χ4n) is 2.26. The number of halogens is 2. The standard InChI is InChI=1S/C20H21Cl2NO5/c1-11(2)27-17-8-5-13(9-18(17)26-4)20(25)28-12(3)19(24)23-16-10-14(21)6-7-15(16)22/h5-12H,1-4H3,(H,23,24). The van der Waals surface area contributed by atoms with Crippen molar-refractivity contribution < 1.29 is 23.8 Å². The number of hydrogen-bond donors (Lipinski definition) is 1. The van der Waals surface area contributed by atoms with Crippen molar-refractivity contribution in [1.29, 1.82) is 0 Å². The molecule has 1 unspecified atom stereocenters. The van der Waals surface area contributed by atoms with Gasteiger partial charge in [0.05, 0.1) is 29.5 Å². The predicted octanol–water partition coefficient (Wildman–Crippen LogP) is 4.97. The predicted molar refractivity (Wildman–Crippen MR) is 109 cm³/mol. The highest BCUT2D eigenvalue weighted by molar-refractivity contribution is 6.35. The van der Waals surface area contributed by atoms with Gasteiger partial charge in [0.2, 0.25) is 0 Å². The molecule has 150 valence electrons. The summed E-state index contributed by atoms with van der Waals surface area (Å²) in [6.45, 7) is 5.22. The summed E-state index contributed by atoms with van der Waals surface area (Å²) in [6.07, 6.45) is -1.10. The van der Waals surface area contributed by atoms with Crippen molar-refractivity contribution in [2.24, 2.45) is 0 Å². The molecule has 6 nitrogen and oxygen atoms in total. The summed E-state index contributed by atoms with van der Waals surface area (Å²) in [4.78, 5) is 24.7. The number of benzene rings is 2. The molecule has 0 saturated heterocycles. The quantitative estimate of drug-likeness (QED) is 0.633. The third-order valence-corrected chi connectivity index (χ3v) is 4.17. The molecule has 0 aliphatic heterocycles. The Morgan fingerprint density at radius 3 is 2.36 bits per heavy atom. The fourth-order valence-corrected chi connectivity index (χ4v) is 2.59. The van der Waals surface area contributed by atoms with Gasteiger partial charge in [-0.2, -0.15) is 0 Å². The molecule has 0 bridgehead atoms. The lowest BCUT2D eigenvalue weighted by atomic mass is 10.2. The van der Waals surface area contributed by atoms with Crippen LogP contribution in [0.3, 0.4) is 0 Å². The van der Waals surface area contributed by atoms with Crippen LogP contribution in [0.15, 0.2) is 36.4 Å². The van der Waals surface area contributed by atoms with Crippen LogP contribution in [0.2, 0.25) is 10.0 Å². The van der Waals surface area contributed by atoms with E-state index in [0.717, 1.165) is 0 Å². The second-order valence-electron chi connectivity index (χ2n) is 6.19. The van der Waals surface area contributed by atoms with Gasteiger partial charge in [-0.15, -0.1) is 0 Å². The van der Waals surface area contributed by atoms with Crippen LogP contribution in [0.1, 0.15) is 31.1 Å². The Kier molecular flexibility index (Phi) is 7.54. The van der Waals surface area contributed by atoms with Crippen LogP contribution in [-0.2, 0) is 9.53 Å². The van der Waals surface area contributed by atoms with Gasteiger partial charge in [-0.1, -0.05) is 23.2 Å². The zero-order valence-corrected chi connectivity index (χ0v) is 17.4. The molecule has 0 aromatic heterocycles. The molecular formula is C20H21Cl2NO5. The first-order chi connectivity index (χ1) is 13.2. The Hall–Kier alpha value is -2.44. The van der Waals surface area contributed by atoms with E-state index in [1.54, 1.807) is 24.3 Å². The van der Waals surface area contributed by atoms with Crippen LogP contribution < -0.4 is 14.8 Å². The molecule has 0 saturated carbocycles. The first-order valence-corrected chi connectivity index (χ1v) is 9.28. The zero-order chi connectivity index (χ0) is 20.8. The second-order valence-corrected chi connectivity index (χ2v) is 7.04. The molecule has 1 amide bonds. The highest BCUT2D eigenvalue weighted by Crippen LogP contribution is 2.29. The summed E-state index contributed by atoms with van der Waals surface area (Å²) in [7, 11) is 1.47. The number of carbonyl (C=O) groups is 2. The van der Waals surface area contributed by atoms with Crippen molar-refractivity contribution >= 4 is 40.8 Å². The molecular weight excluding hydrogens is 405 g/mol. The summed E-state index contributed by atoms with van der Waals surface area (Å²) < 4.78 is 16.1. The number of nitrogens with one attached hydrogen (secondary N) is 1. The average molecular weight is 426 g/mol. The maximum absolute atomic E-state index is 12.4. The smallest absolute Gasteiger partial charge is 0.339 e. The van der Waals surface area contributed by atoms with Crippen LogP contribution >= 0.6 is 23.2 Å². The number of methoxy groups -OCH3 is 1. The molecule has 1 atom stereocenters. The molecule has 0 heterocycles. The van der Waals surface area contributed by atoms with E-state index in [1.807, 2.05) is 13.8 Å². The lowest BCUT2D eigenvalue weighted by Gasteiger charge is -2.16. The van der Waals surface area contributed by atoms with Crippen molar-refractivity contribution in [3.05, 3.63) is 52.0 Å². The van der Waals surface area contributed by atoms with E-state index in [2.05, 4.69) is 5.32 Å². The maximum Gasteiger partial charge on any atom is 0.339 e. The molecule has 28 heavy (non-hydrogen) atoms. The van der Waals surface area contributed by atoms with Crippen LogP contribution in [-0.4, -0.2) is 31.2 Å². The average Bonchev–Trinajstić information content (AvgIpc) is 2.64. The highest BCUT2D eigenvalue weighted by atomic mass is 35.5. The Bertz CT molecular complexity index is 870. The molecule has 0 spiro atoms. The third kappa shape index (κ3) is 5.78. The number of esters is 1. The van der Waals surface area contributed by atoms with E-state index in [0.29, 0.717) is 27.2 Å². The van der Waals surface area contributed by atoms with Crippen LogP contribution in [0.4, 0.5) is 5.69 Å². The van der Waals surface area contributed by atoms with Gasteiger partial charge < -0.3 is 19.5 Å². The summed E-state index contributed by atoms with van der Waals surface area (Å²) >= 11 is 11.9. The normalized spacial score (nSPS) is 11.7. The lowest BCUT2D eigenvalue weighted by Crippen LogP contribution is -2.30. The van der Waals surface area contributed by atoms with E-state index < -0.39 is 18.0 Å². The molecule has 2 rings (SSSR count). The Morgan fingerprint density at radius 2 is 1.71 bits per heavy atom. The van der Waals surface area contributed by atoms with Crippen molar-refractivity contribution in [2.75, 3.05) is 12.4 Å². The molecule has 0 fully saturated rings. The largest absolute Gasteiger partial charge is 0.493 e. The molecule has 8 heteroatoms. The van der Waals surface area contributed by atoms with Gasteiger partial charge in [0.25, 0.3) is 5.91 Å². The van der Waals surface area contributed by atoms with E-state index in [9.17, 15) is 9.59 Å². The minimum atomic E-state index is -1.06. The van der Waals surface area contributed by atoms with E-state index in [4.69, 9.17) is 37.4 Å². The number of anilines is 1. The SMILES string of the molecule is COc1cc(C(=O)OC(C)C(=O)Nc2cc(Cl)ccc2Cl)ccc1OC(C)C. The summed E-state index contributed by atoms with van der Waals surface area (Å²) in [6, 6.07) is 9.33. The van der Waals surface area contributed by atoms with Crippen molar-refractivity contribution in [3.8, 4) is 11.5 Å². The van der Waals surface area contributed by atoms with Gasteiger partial charge in [-0.05, 0) is 57.2 Å². The second kappa shape index (κ2) is 9.66. The van der Waals surface area contributed by atoms with Gasteiger partial charge in [0.15, 0.2) is 17.6 Å². The summed E-state index contributed by atoms with van der Waals surface area (Å²) in [5.41, 5.74) is 0.562. The van der Waals surface area contributed by atoms with E-state index in [-0.39, 0.29) is 11.7 Å². The first-order valence-electron chi connectivity index (χ1n) is 8.53. The fraction of sp³-hybridized carbons (Fsp3) is 0.300. The van der Waals surface area contributed by atoms with Crippen molar-refractivity contribution in [2.45, 2.75) is 33.0 Å². The summed E-state index contributed by atoms with van der Waals surface area (Å²) in [5.74, 6) is -0.306. The van der Waals surface area contributed by atoms with Crippen LogP contribution in [0.5, 0.6) is 11.5 Å². The number of rotatable bonds is 7. The van der Waals surface area contributed by atoms with Gasteiger partial charge >= 0.3 is 5.97 Å². The first kappa shape index (κ1) is 21.9. The maximum atomic E-state index is 12.4. The molecule has 0 aliphatic carbocycles. The van der Waals surface area contributed by atoms with E-state index in [1.165, 1.54) is 26.2 Å². The monoisotopic (exact) mass is 425 g/mol. The number of ether oxygens (including phenoxy) is 3. The lowest BCUT2D eigenvalue weighted by molar-refractivity contribution is -0.123. The Balaban J connectivity index is 2.07. The topological polar surface area (TPSA) is 73.9 Å².